The van der Waals surface area contributed by atoms with Gasteiger partial charge in [-0.25, -0.2) is 18.4 Å². The summed E-state index contributed by atoms with van der Waals surface area (Å²) in [5.41, 5.74) is 2.74. The van der Waals surface area contributed by atoms with Crippen LogP contribution in [0.25, 0.3) is 0 Å². The number of rotatable bonds is 9. The number of aromatic nitrogens is 2. The van der Waals surface area contributed by atoms with E-state index in [1.807, 2.05) is 32.0 Å². The fraction of sp³-hybridized carbons (Fsp3) is 0.273. The van der Waals surface area contributed by atoms with Crippen LogP contribution in [-0.2, 0) is 10.0 Å². The van der Waals surface area contributed by atoms with E-state index in [4.69, 9.17) is 0 Å². The molecule has 0 aliphatic heterocycles. The Balaban J connectivity index is 1.92. The third-order valence-electron chi connectivity index (χ3n) is 5.11. The monoisotopic (exact) mass is 470 g/mol. The van der Waals surface area contributed by atoms with Gasteiger partial charge in [0, 0.05) is 24.5 Å². The van der Waals surface area contributed by atoms with Gasteiger partial charge in [-0.1, -0.05) is 26.0 Å². The SMILES string of the molecule is CCN(CC)S(=O)(=O)c1ccc(Nc2ncnc(Nc3cc(C)ccc3C)c2[N+](=O)[O-])cc1. The molecule has 0 bridgehead atoms. The number of hydrogen-bond acceptors (Lipinski definition) is 8. The predicted molar refractivity (Wildman–Crippen MR) is 128 cm³/mol. The normalized spacial score (nSPS) is 11.4. The van der Waals surface area contributed by atoms with Gasteiger partial charge in [-0.05, 0) is 55.3 Å². The van der Waals surface area contributed by atoms with Gasteiger partial charge in [0.2, 0.25) is 21.7 Å². The van der Waals surface area contributed by atoms with Crippen LogP contribution in [-0.4, -0.2) is 40.7 Å². The largest absolute Gasteiger partial charge is 0.353 e. The Morgan fingerprint density at radius 2 is 1.58 bits per heavy atom. The number of anilines is 4. The van der Waals surface area contributed by atoms with E-state index in [0.29, 0.717) is 24.5 Å². The Morgan fingerprint density at radius 3 is 2.15 bits per heavy atom. The zero-order valence-electron chi connectivity index (χ0n) is 18.9. The lowest BCUT2D eigenvalue weighted by Gasteiger charge is -2.18. The van der Waals surface area contributed by atoms with Gasteiger partial charge in [-0.15, -0.1) is 0 Å². The maximum absolute atomic E-state index is 12.7. The molecule has 2 N–H and O–H groups in total. The van der Waals surface area contributed by atoms with Crippen molar-refractivity contribution >= 4 is 38.7 Å². The molecule has 33 heavy (non-hydrogen) atoms. The summed E-state index contributed by atoms with van der Waals surface area (Å²) in [6.07, 6.45) is 1.22. The lowest BCUT2D eigenvalue weighted by Crippen LogP contribution is -2.30. The molecule has 0 radical (unpaired) electrons. The molecule has 3 rings (SSSR count). The summed E-state index contributed by atoms with van der Waals surface area (Å²) in [6.45, 7) is 8.09. The highest BCUT2D eigenvalue weighted by Gasteiger charge is 2.25. The number of nitrogens with zero attached hydrogens (tertiary/aromatic N) is 4. The standard InChI is InChI=1S/C22H26N6O4S/c1-5-27(6-2)33(31,32)18-11-9-17(10-12-18)25-21-20(28(29)30)22(24-14-23-21)26-19-13-15(3)7-8-16(19)4/h7-14H,5-6H2,1-4H3,(H2,23,24,25,26). The van der Waals surface area contributed by atoms with E-state index in [0.717, 1.165) is 11.1 Å². The quantitative estimate of drug-likeness (QED) is 0.345. The van der Waals surface area contributed by atoms with E-state index >= 15 is 0 Å². The molecule has 0 aliphatic rings. The van der Waals surface area contributed by atoms with Crippen molar-refractivity contribution < 1.29 is 13.3 Å². The van der Waals surface area contributed by atoms with Crippen LogP contribution >= 0.6 is 0 Å². The molecule has 0 spiro atoms. The van der Waals surface area contributed by atoms with Crippen molar-refractivity contribution in [3.8, 4) is 0 Å². The molecule has 2 aromatic carbocycles. The number of hydrogen-bond donors (Lipinski definition) is 2. The molecule has 0 amide bonds. The Bertz CT molecular complexity index is 1260. The van der Waals surface area contributed by atoms with Gasteiger partial charge >= 0.3 is 5.69 Å². The van der Waals surface area contributed by atoms with Gasteiger partial charge < -0.3 is 10.6 Å². The van der Waals surface area contributed by atoms with Gasteiger partial charge in [0.1, 0.15) is 6.33 Å². The first-order chi connectivity index (χ1) is 15.7. The Kier molecular flexibility index (Phi) is 7.24. The summed E-state index contributed by atoms with van der Waals surface area (Å²) < 4.78 is 26.7. The summed E-state index contributed by atoms with van der Waals surface area (Å²) in [6, 6.07) is 11.7. The topological polar surface area (TPSA) is 130 Å². The van der Waals surface area contributed by atoms with Crippen LogP contribution in [0, 0.1) is 24.0 Å². The van der Waals surface area contributed by atoms with Crippen molar-refractivity contribution in [3.05, 3.63) is 70.0 Å². The molecular weight excluding hydrogens is 444 g/mol. The molecule has 11 heteroatoms. The molecule has 0 aliphatic carbocycles. The second kappa shape index (κ2) is 9.92. The van der Waals surface area contributed by atoms with Crippen LogP contribution in [0.1, 0.15) is 25.0 Å². The Hall–Kier alpha value is -3.57. The highest BCUT2D eigenvalue weighted by atomic mass is 32.2. The molecule has 0 unspecified atom stereocenters. The molecule has 0 saturated heterocycles. The highest BCUT2D eigenvalue weighted by Crippen LogP contribution is 2.34. The lowest BCUT2D eigenvalue weighted by atomic mass is 10.1. The number of benzene rings is 2. The second-order valence-electron chi connectivity index (χ2n) is 7.36. The van der Waals surface area contributed by atoms with Crippen LogP contribution in [0.2, 0.25) is 0 Å². The lowest BCUT2D eigenvalue weighted by molar-refractivity contribution is -0.383. The van der Waals surface area contributed by atoms with E-state index < -0.39 is 14.9 Å². The van der Waals surface area contributed by atoms with Crippen molar-refractivity contribution in [2.45, 2.75) is 32.6 Å². The molecule has 10 nitrogen and oxygen atoms in total. The summed E-state index contributed by atoms with van der Waals surface area (Å²) in [7, 11) is -3.60. The second-order valence-corrected chi connectivity index (χ2v) is 9.30. The zero-order valence-corrected chi connectivity index (χ0v) is 19.7. The highest BCUT2D eigenvalue weighted by molar-refractivity contribution is 7.89. The maximum Gasteiger partial charge on any atom is 0.353 e. The molecule has 1 aromatic heterocycles. The first-order valence-electron chi connectivity index (χ1n) is 10.4. The molecular formula is C22H26N6O4S. The van der Waals surface area contributed by atoms with E-state index in [1.165, 1.54) is 22.8 Å². The van der Waals surface area contributed by atoms with E-state index in [-0.39, 0.29) is 22.2 Å². The number of nitro groups is 1. The molecule has 0 fully saturated rings. The van der Waals surface area contributed by atoms with Crippen LogP contribution in [0.3, 0.4) is 0 Å². The zero-order chi connectivity index (χ0) is 24.2. The summed E-state index contributed by atoms with van der Waals surface area (Å²) in [4.78, 5) is 19.5. The third kappa shape index (κ3) is 5.26. The number of sulfonamides is 1. The maximum atomic E-state index is 12.7. The van der Waals surface area contributed by atoms with Crippen molar-refractivity contribution in [1.82, 2.24) is 14.3 Å². The van der Waals surface area contributed by atoms with Gasteiger partial charge in [0.05, 0.1) is 9.82 Å². The van der Waals surface area contributed by atoms with E-state index in [2.05, 4.69) is 20.6 Å². The van der Waals surface area contributed by atoms with Crippen molar-refractivity contribution in [2.75, 3.05) is 23.7 Å². The number of aryl methyl sites for hydroxylation is 2. The first kappa shape index (κ1) is 24.1. The van der Waals surface area contributed by atoms with Crippen LogP contribution in [0.4, 0.5) is 28.7 Å². The van der Waals surface area contributed by atoms with Crippen LogP contribution < -0.4 is 10.6 Å². The van der Waals surface area contributed by atoms with Crippen LogP contribution in [0.5, 0.6) is 0 Å². The number of nitrogens with one attached hydrogen (secondary N) is 2. The van der Waals surface area contributed by atoms with Gasteiger partial charge in [0.15, 0.2) is 0 Å². The van der Waals surface area contributed by atoms with Crippen molar-refractivity contribution in [1.29, 1.82) is 0 Å². The van der Waals surface area contributed by atoms with E-state index in [9.17, 15) is 18.5 Å². The molecule has 0 atom stereocenters. The van der Waals surface area contributed by atoms with Crippen molar-refractivity contribution in [3.63, 3.8) is 0 Å². The average Bonchev–Trinajstić information content (AvgIpc) is 2.77. The Labute approximate surface area is 192 Å². The van der Waals surface area contributed by atoms with E-state index in [1.54, 1.807) is 26.0 Å². The fourth-order valence-corrected chi connectivity index (χ4v) is 4.75. The van der Waals surface area contributed by atoms with Crippen molar-refractivity contribution in [2.24, 2.45) is 0 Å². The smallest absolute Gasteiger partial charge is 0.334 e. The fourth-order valence-electron chi connectivity index (χ4n) is 3.29. The van der Waals surface area contributed by atoms with Crippen LogP contribution in [0.15, 0.2) is 53.7 Å². The summed E-state index contributed by atoms with van der Waals surface area (Å²) in [5.74, 6) is 0.0362. The van der Waals surface area contributed by atoms with Gasteiger partial charge in [-0.3, -0.25) is 10.1 Å². The molecule has 3 aromatic rings. The minimum Gasteiger partial charge on any atom is -0.334 e. The third-order valence-corrected chi connectivity index (χ3v) is 7.18. The molecule has 1 heterocycles. The molecule has 0 saturated carbocycles. The predicted octanol–water partition coefficient (Wildman–Crippen LogP) is 4.52. The molecule has 174 valence electrons. The van der Waals surface area contributed by atoms with Gasteiger partial charge in [-0.2, -0.15) is 4.31 Å². The van der Waals surface area contributed by atoms with Gasteiger partial charge in [0.25, 0.3) is 0 Å². The minimum absolute atomic E-state index is 0.0119. The minimum atomic E-state index is -3.60. The first-order valence-corrected chi connectivity index (χ1v) is 11.8. The average molecular weight is 471 g/mol. The summed E-state index contributed by atoms with van der Waals surface area (Å²) >= 11 is 0. The summed E-state index contributed by atoms with van der Waals surface area (Å²) in [5, 5.41) is 17.8. The Morgan fingerprint density at radius 1 is 0.970 bits per heavy atom.